The maximum atomic E-state index is 12.9. The lowest BCUT2D eigenvalue weighted by atomic mass is 9.95. The standard InChI is InChI=1S/C22H25N5O2/c1-2-23-21(28)17-8-10-26(11-9-17)22(29)19-12-18-14-25-27(20(18)24-13-19)15-16-6-4-3-5-7-16/h3-7,12-14,17H,2,8-11,15H2,1H3,(H,23,28). The van der Waals surface area contributed by atoms with Crippen LogP contribution in [0.2, 0.25) is 0 Å². The van der Waals surface area contributed by atoms with Crippen LogP contribution in [-0.2, 0) is 11.3 Å². The van der Waals surface area contributed by atoms with Gasteiger partial charge in [-0.25, -0.2) is 9.67 Å². The monoisotopic (exact) mass is 391 g/mol. The predicted molar refractivity (Wildman–Crippen MR) is 110 cm³/mol. The first-order chi connectivity index (χ1) is 14.2. The summed E-state index contributed by atoms with van der Waals surface area (Å²) in [5, 5.41) is 8.16. The largest absolute Gasteiger partial charge is 0.356 e. The SMILES string of the molecule is CCNC(=O)C1CCN(C(=O)c2cnc3c(cnn3Cc3ccccc3)c2)CC1. The van der Waals surface area contributed by atoms with E-state index in [1.54, 1.807) is 12.4 Å². The maximum Gasteiger partial charge on any atom is 0.255 e. The molecule has 3 aromatic rings. The summed E-state index contributed by atoms with van der Waals surface area (Å²) in [5.41, 5.74) is 2.48. The number of fused-ring (bicyclic) bond motifs is 1. The highest BCUT2D eigenvalue weighted by molar-refractivity contribution is 5.97. The normalized spacial score (nSPS) is 14.9. The Hall–Kier alpha value is -3.22. The van der Waals surface area contributed by atoms with Gasteiger partial charge < -0.3 is 10.2 Å². The van der Waals surface area contributed by atoms with Gasteiger partial charge in [0.05, 0.1) is 18.3 Å². The van der Waals surface area contributed by atoms with Crippen molar-refractivity contribution in [3.8, 4) is 0 Å². The zero-order valence-electron chi connectivity index (χ0n) is 16.5. The van der Waals surface area contributed by atoms with Crippen molar-refractivity contribution < 1.29 is 9.59 Å². The summed E-state index contributed by atoms with van der Waals surface area (Å²) in [6.07, 6.45) is 4.78. The van der Waals surface area contributed by atoms with Crippen molar-refractivity contribution in [1.29, 1.82) is 0 Å². The molecule has 3 heterocycles. The number of carbonyl (C=O) groups excluding carboxylic acids is 2. The second-order valence-electron chi connectivity index (χ2n) is 7.39. The summed E-state index contributed by atoms with van der Waals surface area (Å²) >= 11 is 0. The molecule has 1 saturated heterocycles. The van der Waals surface area contributed by atoms with E-state index < -0.39 is 0 Å². The molecule has 1 aliphatic rings. The molecule has 7 nitrogen and oxygen atoms in total. The van der Waals surface area contributed by atoms with E-state index in [-0.39, 0.29) is 17.7 Å². The summed E-state index contributed by atoms with van der Waals surface area (Å²) in [7, 11) is 0. The molecule has 4 rings (SSSR count). The Bertz CT molecular complexity index is 1010. The average molecular weight is 391 g/mol. The van der Waals surface area contributed by atoms with Crippen LogP contribution < -0.4 is 5.32 Å². The van der Waals surface area contributed by atoms with Gasteiger partial charge in [-0.3, -0.25) is 9.59 Å². The van der Waals surface area contributed by atoms with Gasteiger partial charge in [0.25, 0.3) is 5.91 Å². The van der Waals surface area contributed by atoms with Crippen LogP contribution in [0.25, 0.3) is 11.0 Å². The molecule has 150 valence electrons. The third-order valence-corrected chi connectivity index (χ3v) is 5.40. The van der Waals surface area contributed by atoms with Crippen LogP contribution >= 0.6 is 0 Å². The Balaban J connectivity index is 1.45. The molecule has 1 aromatic carbocycles. The summed E-state index contributed by atoms with van der Waals surface area (Å²) in [6.45, 7) is 4.37. The van der Waals surface area contributed by atoms with Crippen molar-refractivity contribution in [3.63, 3.8) is 0 Å². The zero-order chi connectivity index (χ0) is 20.2. The lowest BCUT2D eigenvalue weighted by Crippen LogP contribution is -2.43. The number of carbonyl (C=O) groups is 2. The Morgan fingerprint density at radius 3 is 2.62 bits per heavy atom. The molecule has 0 radical (unpaired) electrons. The molecule has 7 heteroatoms. The highest BCUT2D eigenvalue weighted by atomic mass is 16.2. The van der Waals surface area contributed by atoms with E-state index in [1.807, 2.05) is 40.8 Å². The molecule has 2 amide bonds. The van der Waals surface area contributed by atoms with Gasteiger partial charge in [0.15, 0.2) is 5.65 Å². The van der Waals surface area contributed by atoms with Gasteiger partial charge in [-0.2, -0.15) is 5.10 Å². The van der Waals surface area contributed by atoms with Crippen molar-refractivity contribution >= 4 is 22.8 Å². The number of nitrogens with one attached hydrogen (secondary N) is 1. The first-order valence-electron chi connectivity index (χ1n) is 10.1. The molecule has 29 heavy (non-hydrogen) atoms. The Labute approximate surface area is 169 Å². The van der Waals surface area contributed by atoms with E-state index in [2.05, 4.69) is 27.5 Å². The van der Waals surface area contributed by atoms with Crippen LogP contribution in [-0.4, -0.2) is 51.1 Å². The number of hydrogen-bond donors (Lipinski definition) is 1. The number of aromatic nitrogens is 3. The fourth-order valence-corrected chi connectivity index (χ4v) is 3.81. The fourth-order valence-electron chi connectivity index (χ4n) is 3.81. The summed E-state index contributed by atoms with van der Waals surface area (Å²) < 4.78 is 1.84. The number of piperidine rings is 1. The first kappa shape index (κ1) is 19.1. The van der Waals surface area contributed by atoms with Gasteiger partial charge >= 0.3 is 0 Å². The van der Waals surface area contributed by atoms with Crippen molar-refractivity contribution in [3.05, 3.63) is 59.9 Å². The molecule has 0 aliphatic carbocycles. The van der Waals surface area contributed by atoms with E-state index in [0.717, 1.165) is 16.6 Å². The quantitative estimate of drug-likeness (QED) is 0.725. The minimum Gasteiger partial charge on any atom is -0.356 e. The summed E-state index contributed by atoms with van der Waals surface area (Å²) in [6, 6.07) is 11.9. The smallest absolute Gasteiger partial charge is 0.255 e. The van der Waals surface area contributed by atoms with Crippen LogP contribution in [0.1, 0.15) is 35.7 Å². The summed E-state index contributed by atoms with van der Waals surface area (Å²) in [5.74, 6) is 0.0499. The van der Waals surface area contributed by atoms with E-state index in [4.69, 9.17) is 0 Å². The van der Waals surface area contributed by atoms with Crippen molar-refractivity contribution in [2.45, 2.75) is 26.3 Å². The van der Waals surface area contributed by atoms with Crippen LogP contribution in [0.3, 0.4) is 0 Å². The molecule has 1 N–H and O–H groups in total. The molecule has 0 spiro atoms. The second kappa shape index (κ2) is 8.43. The number of benzene rings is 1. The number of pyridine rings is 1. The van der Waals surface area contributed by atoms with Crippen LogP contribution in [0.15, 0.2) is 48.8 Å². The molecular weight excluding hydrogens is 366 g/mol. The lowest BCUT2D eigenvalue weighted by Gasteiger charge is -2.31. The molecule has 1 fully saturated rings. The van der Waals surface area contributed by atoms with E-state index in [1.165, 1.54) is 0 Å². The van der Waals surface area contributed by atoms with Gasteiger partial charge in [0.1, 0.15) is 0 Å². The van der Waals surface area contributed by atoms with Gasteiger partial charge in [-0.05, 0) is 31.4 Å². The predicted octanol–water partition coefficient (Wildman–Crippen LogP) is 2.47. The molecule has 0 saturated carbocycles. The van der Waals surface area contributed by atoms with Crippen LogP contribution in [0.4, 0.5) is 0 Å². The molecule has 0 bridgehead atoms. The maximum absolute atomic E-state index is 12.9. The van der Waals surface area contributed by atoms with E-state index in [9.17, 15) is 9.59 Å². The summed E-state index contributed by atoms with van der Waals surface area (Å²) in [4.78, 5) is 31.2. The Kier molecular flexibility index (Phi) is 5.55. The third-order valence-electron chi connectivity index (χ3n) is 5.40. The topological polar surface area (TPSA) is 80.1 Å². The molecule has 1 aliphatic heterocycles. The van der Waals surface area contributed by atoms with Crippen molar-refractivity contribution in [2.24, 2.45) is 5.92 Å². The number of likely N-dealkylation sites (tertiary alicyclic amines) is 1. The zero-order valence-corrected chi connectivity index (χ0v) is 16.5. The fraction of sp³-hybridized carbons (Fsp3) is 0.364. The number of hydrogen-bond acceptors (Lipinski definition) is 4. The first-order valence-corrected chi connectivity index (χ1v) is 10.1. The van der Waals surface area contributed by atoms with Crippen molar-refractivity contribution in [2.75, 3.05) is 19.6 Å². The van der Waals surface area contributed by atoms with Crippen molar-refractivity contribution in [1.82, 2.24) is 25.0 Å². The van der Waals surface area contributed by atoms with Crippen LogP contribution in [0.5, 0.6) is 0 Å². The Morgan fingerprint density at radius 2 is 1.90 bits per heavy atom. The van der Waals surface area contributed by atoms with Gasteiger partial charge in [0.2, 0.25) is 5.91 Å². The van der Waals surface area contributed by atoms with Gasteiger partial charge in [-0.1, -0.05) is 30.3 Å². The number of amides is 2. The number of rotatable bonds is 5. The molecule has 0 atom stereocenters. The van der Waals surface area contributed by atoms with Gasteiger partial charge in [0, 0.05) is 37.1 Å². The minimum atomic E-state index is -0.0374. The second-order valence-corrected chi connectivity index (χ2v) is 7.39. The third kappa shape index (κ3) is 4.13. The van der Waals surface area contributed by atoms with Crippen LogP contribution in [0, 0.1) is 5.92 Å². The molecule has 2 aromatic heterocycles. The lowest BCUT2D eigenvalue weighted by molar-refractivity contribution is -0.126. The highest BCUT2D eigenvalue weighted by Gasteiger charge is 2.27. The molecular formula is C22H25N5O2. The average Bonchev–Trinajstić information content (AvgIpc) is 3.16. The van der Waals surface area contributed by atoms with E-state index >= 15 is 0 Å². The number of nitrogens with zero attached hydrogens (tertiary/aromatic N) is 4. The minimum absolute atomic E-state index is 0.00387. The Morgan fingerprint density at radius 1 is 1.14 bits per heavy atom. The molecule has 0 unspecified atom stereocenters. The highest BCUT2D eigenvalue weighted by Crippen LogP contribution is 2.21. The van der Waals surface area contributed by atoms with Gasteiger partial charge in [-0.15, -0.1) is 0 Å². The van der Waals surface area contributed by atoms with E-state index in [0.29, 0.717) is 44.6 Å².